The van der Waals surface area contributed by atoms with Gasteiger partial charge < -0.3 is 19.9 Å². The topological polar surface area (TPSA) is 110 Å². The maximum absolute atomic E-state index is 13.0. The van der Waals surface area contributed by atoms with Crippen LogP contribution in [0.15, 0.2) is 24.2 Å². The minimum atomic E-state index is -0.369. The van der Waals surface area contributed by atoms with Crippen molar-refractivity contribution in [1.82, 2.24) is 15.1 Å². The van der Waals surface area contributed by atoms with E-state index in [1.807, 2.05) is 31.0 Å². The molecule has 9 heteroatoms. The van der Waals surface area contributed by atoms with Crippen LogP contribution < -0.4 is 5.32 Å². The summed E-state index contributed by atoms with van der Waals surface area (Å²) in [6, 6.07) is 2.05. The van der Waals surface area contributed by atoms with Gasteiger partial charge in [-0.1, -0.05) is 33.3 Å². The summed E-state index contributed by atoms with van der Waals surface area (Å²) < 4.78 is 4.88. The first-order chi connectivity index (χ1) is 17.7. The summed E-state index contributed by atoms with van der Waals surface area (Å²) in [6.45, 7) is 10.5. The SMILES string of the molecule is C=CN(CCC(NC(=O)C1CCCC1)c1cc(C(=O)OC)cs1)C1CCC(N(C(C)=N)C(=N)C(C)C)C1. The van der Waals surface area contributed by atoms with Crippen LogP contribution in [0.4, 0.5) is 0 Å². The lowest BCUT2D eigenvalue weighted by Crippen LogP contribution is -2.44. The molecule has 0 aliphatic heterocycles. The molecule has 8 nitrogen and oxygen atoms in total. The monoisotopic (exact) mass is 529 g/mol. The van der Waals surface area contributed by atoms with Crippen molar-refractivity contribution in [2.24, 2.45) is 11.8 Å². The molecule has 0 spiro atoms. The minimum absolute atomic E-state index is 0.0692. The highest BCUT2D eigenvalue weighted by Gasteiger charge is 2.35. The Morgan fingerprint density at radius 2 is 1.89 bits per heavy atom. The summed E-state index contributed by atoms with van der Waals surface area (Å²) in [5, 5.41) is 21.8. The number of nitrogens with zero attached hydrogens (tertiary/aromatic N) is 2. The second kappa shape index (κ2) is 13.2. The number of methoxy groups -OCH3 is 1. The van der Waals surface area contributed by atoms with Crippen molar-refractivity contribution in [3.8, 4) is 0 Å². The smallest absolute Gasteiger partial charge is 0.338 e. The summed E-state index contributed by atoms with van der Waals surface area (Å²) in [7, 11) is 1.37. The maximum Gasteiger partial charge on any atom is 0.338 e. The van der Waals surface area contributed by atoms with Crippen molar-refractivity contribution in [2.75, 3.05) is 13.7 Å². The molecule has 0 radical (unpaired) electrons. The Bertz CT molecular complexity index is 984. The lowest BCUT2D eigenvalue weighted by molar-refractivity contribution is -0.125. The van der Waals surface area contributed by atoms with Crippen LogP contribution in [0.2, 0.25) is 0 Å². The van der Waals surface area contributed by atoms with E-state index in [-0.39, 0.29) is 41.8 Å². The van der Waals surface area contributed by atoms with Crippen LogP contribution in [-0.2, 0) is 9.53 Å². The third-order valence-corrected chi connectivity index (χ3v) is 8.76. The van der Waals surface area contributed by atoms with Crippen LogP contribution in [0.25, 0.3) is 0 Å². The zero-order valence-corrected chi connectivity index (χ0v) is 23.5. The van der Waals surface area contributed by atoms with Crippen LogP contribution in [-0.4, -0.2) is 59.1 Å². The predicted octanol–water partition coefficient (Wildman–Crippen LogP) is 5.57. The van der Waals surface area contributed by atoms with E-state index in [0.717, 1.165) is 49.8 Å². The molecule has 3 N–H and O–H groups in total. The fraction of sp³-hybridized carbons (Fsp3) is 0.643. The average molecular weight is 530 g/mol. The van der Waals surface area contributed by atoms with Gasteiger partial charge >= 0.3 is 5.97 Å². The Kier molecular flexibility index (Phi) is 10.3. The second-order valence-corrected chi connectivity index (χ2v) is 11.5. The van der Waals surface area contributed by atoms with Crippen LogP contribution in [0.1, 0.15) is 93.4 Å². The molecule has 2 saturated carbocycles. The van der Waals surface area contributed by atoms with Crippen molar-refractivity contribution >= 4 is 34.9 Å². The molecule has 2 aliphatic carbocycles. The quantitative estimate of drug-likeness (QED) is 0.197. The van der Waals surface area contributed by atoms with Crippen molar-refractivity contribution in [2.45, 2.75) is 90.3 Å². The van der Waals surface area contributed by atoms with Gasteiger partial charge in [0.25, 0.3) is 0 Å². The molecule has 1 aromatic rings. The minimum Gasteiger partial charge on any atom is -0.465 e. The number of ether oxygens (including phenoxy) is 1. The van der Waals surface area contributed by atoms with E-state index in [0.29, 0.717) is 30.2 Å². The van der Waals surface area contributed by atoms with Gasteiger partial charge in [-0.2, -0.15) is 0 Å². The zero-order chi connectivity index (χ0) is 27.1. The number of amidine groups is 2. The van der Waals surface area contributed by atoms with E-state index in [1.54, 1.807) is 12.3 Å². The number of esters is 1. The molecule has 1 amide bonds. The molecule has 0 aromatic carbocycles. The molecule has 204 valence electrons. The number of hydrogen-bond donors (Lipinski definition) is 3. The number of thiophene rings is 1. The van der Waals surface area contributed by atoms with E-state index < -0.39 is 0 Å². The molecule has 1 aromatic heterocycles. The molecule has 0 bridgehead atoms. The van der Waals surface area contributed by atoms with Crippen molar-refractivity contribution in [3.05, 3.63) is 34.7 Å². The largest absolute Gasteiger partial charge is 0.465 e. The molecule has 0 saturated heterocycles. The van der Waals surface area contributed by atoms with Crippen molar-refractivity contribution in [3.63, 3.8) is 0 Å². The zero-order valence-electron chi connectivity index (χ0n) is 22.7. The number of nitrogens with one attached hydrogen (secondary N) is 3. The standard InChI is InChI=1S/C28H43N5O3S/c1-6-32(22-11-12-23(16-22)33(19(4)29)26(30)18(2)3)14-13-24(31-27(34)20-9-7-8-10-20)25-15-21(17-37-25)28(35)36-5/h6,15,17-18,20,22-24,29-30H,1,7-14,16H2,2-5H3,(H,31,34). The number of hydrogen-bond acceptors (Lipinski definition) is 7. The number of rotatable bonds is 11. The molecular weight excluding hydrogens is 486 g/mol. The number of amides is 1. The lowest BCUT2D eigenvalue weighted by Gasteiger charge is -2.34. The van der Waals surface area contributed by atoms with Gasteiger partial charge in [0.15, 0.2) is 0 Å². The first-order valence-corrected chi connectivity index (χ1v) is 14.3. The van der Waals surface area contributed by atoms with E-state index in [2.05, 4.69) is 16.8 Å². The Morgan fingerprint density at radius 3 is 2.49 bits per heavy atom. The van der Waals surface area contributed by atoms with E-state index >= 15 is 0 Å². The normalized spacial score (nSPS) is 20.5. The van der Waals surface area contributed by atoms with Gasteiger partial charge in [-0.15, -0.1) is 11.3 Å². The molecule has 2 aliphatic rings. The summed E-state index contributed by atoms with van der Waals surface area (Å²) in [5.74, 6) is 0.789. The fourth-order valence-corrected chi connectivity index (χ4v) is 6.59. The second-order valence-electron chi connectivity index (χ2n) is 10.6. The van der Waals surface area contributed by atoms with E-state index in [1.165, 1.54) is 18.4 Å². The highest BCUT2D eigenvalue weighted by Crippen LogP contribution is 2.32. The summed E-state index contributed by atoms with van der Waals surface area (Å²) in [6.07, 6.45) is 9.41. The molecule has 3 atom stereocenters. The molecule has 37 heavy (non-hydrogen) atoms. The summed E-state index contributed by atoms with van der Waals surface area (Å²) in [4.78, 5) is 30.1. The van der Waals surface area contributed by atoms with Crippen LogP contribution in [0.5, 0.6) is 0 Å². The Balaban J connectivity index is 1.69. The van der Waals surface area contributed by atoms with Gasteiger partial charge in [0, 0.05) is 40.7 Å². The van der Waals surface area contributed by atoms with Gasteiger partial charge in [-0.05, 0) is 57.7 Å². The lowest BCUT2D eigenvalue weighted by atomic mass is 10.0. The molecular formula is C28H43N5O3S. The van der Waals surface area contributed by atoms with Crippen LogP contribution >= 0.6 is 11.3 Å². The van der Waals surface area contributed by atoms with Crippen molar-refractivity contribution in [1.29, 1.82) is 10.8 Å². The van der Waals surface area contributed by atoms with Crippen LogP contribution in [0, 0.1) is 22.7 Å². The van der Waals surface area contributed by atoms with E-state index in [4.69, 9.17) is 15.6 Å². The first kappa shape index (κ1) is 28.9. The molecule has 3 unspecified atom stereocenters. The predicted molar refractivity (Wildman–Crippen MR) is 149 cm³/mol. The first-order valence-electron chi connectivity index (χ1n) is 13.4. The average Bonchev–Trinajstić information content (AvgIpc) is 3.65. The van der Waals surface area contributed by atoms with Crippen molar-refractivity contribution < 1.29 is 14.3 Å². The molecule has 2 fully saturated rings. The number of carbonyl (C=O) groups is 2. The van der Waals surface area contributed by atoms with Gasteiger partial charge in [0.05, 0.1) is 24.6 Å². The Hall–Kier alpha value is -2.68. The third kappa shape index (κ3) is 7.21. The highest BCUT2D eigenvalue weighted by atomic mass is 32.1. The van der Waals surface area contributed by atoms with Gasteiger partial charge in [0.1, 0.15) is 5.84 Å². The third-order valence-electron chi connectivity index (χ3n) is 7.72. The number of carbonyl (C=O) groups excluding carboxylic acids is 2. The molecule has 1 heterocycles. The maximum atomic E-state index is 13.0. The van der Waals surface area contributed by atoms with Gasteiger partial charge in [-0.3, -0.25) is 15.6 Å². The highest BCUT2D eigenvalue weighted by molar-refractivity contribution is 7.10. The molecule has 3 rings (SSSR count). The van der Waals surface area contributed by atoms with E-state index in [9.17, 15) is 9.59 Å². The fourth-order valence-electron chi connectivity index (χ4n) is 5.62. The Morgan fingerprint density at radius 1 is 1.22 bits per heavy atom. The van der Waals surface area contributed by atoms with Gasteiger partial charge in [-0.25, -0.2) is 4.79 Å². The van der Waals surface area contributed by atoms with Crippen LogP contribution in [0.3, 0.4) is 0 Å². The summed E-state index contributed by atoms with van der Waals surface area (Å²) >= 11 is 1.48. The Labute approximate surface area is 225 Å². The summed E-state index contributed by atoms with van der Waals surface area (Å²) in [5.41, 5.74) is 0.511. The van der Waals surface area contributed by atoms with Gasteiger partial charge in [0.2, 0.25) is 5.91 Å².